The number of carbonyl (C=O) groups excluding carboxylic acids is 2. The van der Waals surface area contributed by atoms with Gasteiger partial charge >= 0.3 is 5.97 Å². The molecule has 4 rings (SSSR count). The molecule has 2 fully saturated rings. The van der Waals surface area contributed by atoms with Gasteiger partial charge < -0.3 is 9.64 Å². The van der Waals surface area contributed by atoms with Gasteiger partial charge in [0.1, 0.15) is 6.04 Å². The van der Waals surface area contributed by atoms with Crippen LogP contribution >= 0.6 is 0 Å². The van der Waals surface area contributed by atoms with E-state index in [1.807, 2.05) is 39.2 Å². The number of fused-ring (bicyclic) bond motifs is 3. The van der Waals surface area contributed by atoms with Gasteiger partial charge in [-0.2, -0.15) is 0 Å². The number of nitrogens with zero attached hydrogens (tertiary/aromatic N) is 2. The highest BCUT2D eigenvalue weighted by atomic mass is 16.5. The predicted octanol–water partition coefficient (Wildman–Crippen LogP) is 2.87. The maximum Gasteiger partial charge on any atom is 0.323 e. The molecule has 0 aromatic heterocycles. The molecule has 2 spiro atoms. The van der Waals surface area contributed by atoms with Crippen molar-refractivity contribution in [1.29, 1.82) is 0 Å². The van der Waals surface area contributed by atoms with Gasteiger partial charge in [0.05, 0.1) is 12.0 Å². The first-order chi connectivity index (χ1) is 12.5. The Balaban J connectivity index is 1.90. The molecule has 0 radical (unpaired) electrons. The molecule has 2 atom stereocenters. The van der Waals surface area contributed by atoms with E-state index in [2.05, 4.69) is 11.0 Å². The van der Waals surface area contributed by atoms with E-state index in [1.165, 1.54) is 6.42 Å². The molecule has 140 valence electrons. The molecule has 2 unspecified atom stereocenters. The van der Waals surface area contributed by atoms with Crippen LogP contribution in [0.1, 0.15) is 51.0 Å². The van der Waals surface area contributed by atoms with Gasteiger partial charge in [-0.3, -0.25) is 14.5 Å². The molecule has 0 bridgehead atoms. The van der Waals surface area contributed by atoms with E-state index in [1.54, 1.807) is 4.90 Å². The minimum Gasteiger partial charge on any atom is -0.465 e. The van der Waals surface area contributed by atoms with Crippen LogP contribution in [0.4, 0.5) is 5.69 Å². The Labute approximate surface area is 155 Å². The average Bonchev–Trinajstić information content (AvgIpc) is 3.03. The fourth-order valence-corrected chi connectivity index (χ4v) is 5.90. The highest BCUT2D eigenvalue weighted by molar-refractivity contribution is 6.09. The van der Waals surface area contributed by atoms with Crippen molar-refractivity contribution in [2.75, 3.05) is 25.6 Å². The molecule has 5 nitrogen and oxygen atoms in total. The average molecular weight is 356 g/mol. The summed E-state index contributed by atoms with van der Waals surface area (Å²) in [6, 6.07) is 7.75. The quantitative estimate of drug-likeness (QED) is 0.765. The van der Waals surface area contributed by atoms with E-state index in [4.69, 9.17) is 4.74 Å². The zero-order valence-corrected chi connectivity index (χ0v) is 16.0. The maximum absolute atomic E-state index is 13.7. The molecule has 3 aliphatic rings. The number of hydrogen-bond donors (Lipinski definition) is 0. The Bertz CT molecular complexity index is 741. The third-order valence-electron chi connectivity index (χ3n) is 7.07. The van der Waals surface area contributed by atoms with Crippen LogP contribution in [0.3, 0.4) is 0 Å². The number of anilines is 1. The summed E-state index contributed by atoms with van der Waals surface area (Å²) in [5.74, 6) is -0.0593. The van der Waals surface area contributed by atoms with E-state index >= 15 is 0 Å². The number of hydrogen-bond acceptors (Lipinski definition) is 4. The molecule has 2 heterocycles. The van der Waals surface area contributed by atoms with E-state index in [-0.39, 0.29) is 23.5 Å². The molecule has 1 aliphatic carbocycles. The molecule has 1 amide bonds. The highest BCUT2D eigenvalue weighted by Crippen LogP contribution is 2.61. The van der Waals surface area contributed by atoms with Crippen molar-refractivity contribution in [3.05, 3.63) is 29.8 Å². The Morgan fingerprint density at radius 1 is 1.19 bits per heavy atom. The summed E-state index contributed by atoms with van der Waals surface area (Å²) in [4.78, 5) is 30.4. The summed E-state index contributed by atoms with van der Waals surface area (Å²) in [6.07, 6.45) is 5.81. The van der Waals surface area contributed by atoms with E-state index in [0.717, 1.165) is 36.9 Å². The number of benzene rings is 1. The van der Waals surface area contributed by atoms with Crippen LogP contribution in [0, 0.1) is 0 Å². The Morgan fingerprint density at radius 2 is 1.88 bits per heavy atom. The lowest BCUT2D eigenvalue weighted by Gasteiger charge is -2.49. The van der Waals surface area contributed by atoms with Gasteiger partial charge in [-0.25, -0.2) is 0 Å². The molecule has 2 aliphatic heterocycles. The third kappa shape index (κ3) is 2.01. The van der Waals surface area contributed by atoms with E-state index < -0.39 is 5.41 Å². The molecule has 0 N–H and O–H groups in total. The second-order valence-corrected chi connectivity index (χ2v) is 7.96. The summed E-state index contributed by atoms with van der Waals surface area (Å²) in [6.45, 7) is 2.20. The van der Waals surface area contributed by atoms with Gasteiger partial charge in [-0.1, -0.05) is 37.5 Å². The van der Waals surface area contributed by atoms with Gasteiger partial charge in [0.25, 0.3) is 0 Å². The zero-order valence-electron chi connectivity index (χ0n) is 16.0. The van der Waals surface area contributed by atoms with Crippen LogP contribution in [0.25, 0.3) is 0 Å². The van der Waals surface area contributed by atoms with Crippen LogP contribution in [-0.2, 0) is 19.7 Å². The second kappa shape index (κ2) is 6.08. The summed E-state index contributed by atoms with van der Waals surface area (Å²) < 4.78 is 5.38. The van der Waals surface area contributed by atoms with Crippen molar-refractivity contribution >= 4 is 17.6 Å². The van der Waals surface area contributed by atoms with Crippen LogP contribution < -0.4 is 4.90 Å². The van der Waals surface area contributed by atoms with Crippen molar-refractivity contribution < 1.29 is 14.3 Å². The number of esters is 1. The lowest BCUT2D eigenvalue weighted by Crippen LogP contribution is -2.60. The van der Waals surface area contributed by atoms with Crippen molar-refractivity contribution in [2.45, 2.75) is 62.4 Å². The number of amides is 1. The summed E-state index contributed by atoms with van der Waals surface area (Å²) in [7, 11) is 3.89. The molecule has 26 heavy (non-hydrogen) atoms. The molecule has 1 aromatic carbocycles. The number of ether oxygens (including phenoxy) is 1. The third-order valence-corrected chi connectivity index (χ3v) is 7.07. The Kier molecular flexibility index (Phi) is 4.10. The smallest absolute Gasteiger partial charge is 0.323 e. The monoisotopic (exact) mass is 356 g/mol. The van der Waals surface area contributed by atoms with Crippen LogP contribution in [-0.4, -0.2) is 49.1 Å². The standard InChI is InChI=1S/C21H28N2O3/c1-4-26-18(24)17-14-21(20(23(17)3)12-8-5-9-13-20)15-10-6-7-11-16(15)22(2)19(21)25/h6-7,10-11,17H,4-5,8-9,12-14H2,1-3H3. The van der Waals surface area contributed by atoms with Crippen molar-refractivity contribution in [2.24, 2.45) is 0 Å². The predicted molar refractivity (Wildman–Crippen MR) is 100 cm³/mol. The molecular formula is C21H28N2O3. The lowest BCUT2D eigenvalue weighted by molar-refractivity contribution is -0.149. The Morgan fingerprint density at radius 3 is 2.58 bits per heavy atom. The molecule has 1 saturated carbocycles. The topological polar surface area (TPSA) is 49.9 Å². The minimum atomic E-state index is -0.648. The largest absolute Gasteiger partial charge is 0.465 e. The first-order valence-corrected chi connectivity index (χ1v) is 9.77. The summed E-state index contributed by atoms with van der Waals surface area (Å²) in [5, 5.41) is 0. The first kappa shape index (κ1) is 17.5. The highest BCUT2D eigenvalue weighted by Gasteiger charge is 2.70. The van der Waals surface area contributed by atoms with Crippen LogP contribution in [0.2, 0.25) is 0 Å². The van der Waals surface area contributed by atoms with Gasteiger partial charge in [0.2, 0.25) is 5.91 Å². The SMILES string of the molecule is CCOC(=O)C1CC2(C(=O)N(C)c3ccccc32)C2(CCCCC2)N1C. The number of para-hydroxylation sites is 1. The lowest BCUT2D eigenvalue weighted by atomic mass is 9.60. The first-order valence-electron chi connectivity index (χ1n) is 9.77. The van der Waals surface area contributed by atoms with Gasteiger partial charge in [-0.05, 0) is 44.9 Å². The van der Waals surface area contributed by atoms with Crippen LogP contribution in [0.15, 0.2) is 24.3 Å². The molecular weight excluding hydrogens is 328 g/mol. The van der Waals surface area contributed by atoms with Gasteiger partial charge in [0.15, 0.2) is 0 Å². The molecule has 1 aromatic rings. The zero-order chi connectivity index (χ0) is 18.5. The number of rotatable bonds is 2. The van der Waals surface area contributed by atoms with Crippen molar-refractivity contribution in [1.82, 2.24) is 4.90 Å². The van der Waals surface area contributed by atoms with Crippen LogP contribution in [0.5, 0.6) is 0 Å². The van der Waals surface area contributed by atoms with E-state index in [0.29, 0.717) is 13.0 Å². The molecule has 5 heteroatoms. The van der Waals surface area contributed by atoms with Gasteiger partial charge in [0, 0.05) is 18.3 Å². The Hall–Kier alpha value is -1.88. The summed E-state index contributed by atoms with van der Waals surface area (Å²) in [5.41, 5.74) is 1.12. The second-order valence-electron chi connectivity index (χ2n) is 7.96. The summed E-state index contributed by atoms with van der Waals surface area (Å²) >= 11 is 0. The van der Waals surface area contributed by atoms with E-state index in [9.17, 15) is 9.59 Å². The fraction of sp³-hybridized carbons (Fsp3) is 0.619. The maximum atomic E-state index is 13.7. The van der Waals surface area contributed by atoms with Crippen molar-refractivity contribution in [3.8, 4) is 0 Å². The van der Waals surface area contributed by atoms with Crippen molar-refractivity contribution in [3.63, 3.8) is 0 Å². The number of likely N-dealkylation sites (N-methyl/N-ethyl adjacent to an activating group) is 2. The number of likely N-dealkylation sites (tertiary alicyclic amines) is 1. The normalized spacial score (nSPS) is 30.2. The minimum absolute atomic E-state index is 0.138. The molecule has 1 saturated heterocycles. The fourth-order valence-electron chi connectivity index (χ4n) is 5.90. The number of carbonyl (C=O) groups is 2. The van der Waals surface area contributed by atoms with Gasteiger partial charge in [-0.15, -0.1) is 0 Å².